The molecule has 0 radical (unpaired) electrons. The third-order valence-corrected chi connectivity index (χ3v) is 10.4. The summed E-state index contributed by atoms with van der Waals surface area (Å²) < 4.78 is 8.98. The number of likely N-dealkylation sites (tertiary alicyclic amines) is 2. The molecule has 7 heterocycles. The number of nitrogens with two attached hydrogens (primary N) is 1. The lowest BCUT2D eigenvalue weighted by atomic mass is 10.0. The van der Waals surface area contributed by atoms with E-state index in [2.05, 4.69) is 42.2 Å². The standard InChI is InChI=1S/C24H31N5O2.C16H22N4O.CH4/c1-17-12-22-21(27-14-17)4-5-24(30)29(22)11-10-28-8-6-19(7-9-28)25-15-20-13-18(2)23(31-3)16-26-20;1-12-10-15-14(18-11-12)2-3-16(21)20(15)9-8-19-6-4-13(17)5-7-19;/h4-5,12-14,16,19,25H,6-11,15H2,1-3H3;2-3,10-11,13H,4-9,17H2,1H3;1H4. The Bertz CT molecular complexity index is 2080. The van der Waals surface area contributed by atoms with E-state index in [0.29, 0.717) is 25.2 Å². The summed E-state index contributed by atoms with van der Waals surface area (Å²) in [6, 6.07) is 13.8. The van der Waals surface area contributed by atoms with Crippen molar-refractivity contribution in [3.63, 3.8) is 0 Å². The number of rotatable bonds is 10. The Morgan fingerprint density at radius 3 is 1.72 bits per heavy atom. The van der Waals surface area contributed by atoms with Gasteiger partial charge in [-0.1, -0.05) is 7.43 Å². The Balaban J connectivity index is 0.000000215. The molecule has 0 bridgehead atoms. The zero-order valence-electron chi connectivity index (χ0n) is 31.1. The first-order valence-corrected chi connectivity index (χ1v) is 18.5. The van der Waals surface area contributed by atoms with Crippen LogP contribution in [0, 0.1) is 20.8 Å². The fraction of sp³-hybridized carbons (Fsp3) is 0.488. The molecular formula is C41H57N9O3. The van der Waals surface area contributed by atoms with Gasteiger partial charge in [0.2, 0.25) is 0 Å². The Hall–Kier alpha value is -4.49. The first-order chi connectivity index (χ1) is 25.2. The van der Waals surface area contributed by atoms with Gasteiger partial charge in [0, 0.05) is 69.3 Å². The van der Waals surface area contributed by atoms with Gasteiger partial charge in [0.15, 0.2) is 0 Å². The van der Waals surface area contributed by atoms with Crippen molar-refractivity contribution in [2.24, 2.45) is 5.73 Å². The van der Waals surface area contributed by atoms with E-state index in [1.165, 1.54) is 0 Å². The molecule has 3 N–H and O–H groups in total. The van der Waals surface area contributed by atoms with E-state index in [1.54, 1.807) is 31.5 Å². The van der Waals surface area contributed by atoms with Crippen LogP contribution in [0.5, 0.6) is 5.75 Å². The second kappa shape index (κ2) is 18.5. The van der Waals surface area contributed by atoms with Crippen molar-refractivity contribution in [2.45, 2.75) is 85.6 Å². The zero-order valence-corrected chi connectivity index (χ0v) is 31.1. The summed E-state index contributed by atoms with van der Waals surface area (Å²) in [4.78, 5) is 42.8. The highest BCUT2D eigenvalue weighted by Gasteiger charge is 2.20. The molecule has 0 spiro atoms. The largest absolute Gasteiger partial charge is 0.495 e. The number of aromatic nitrogens is 5. The van der Waals surface area contributed by atoms with Crippen LogP contribution in [-0.2, 0) is 19.6 Å². The number of aryl methyl sites for hydroxylation is 3. The van der Waals surface area contributed by atoms with Crippen LogP contribution in [0.1, 0.15) is 55.5 Å². The van der Waals surface area contributed by atoms with Crippen molar-refractivity contribution in [1.82, 2.24) is 39.2 Å². The first-order valence-electron chi connectivity index (χ1n) is 18.5. The van der Waals surface area contributed by atoms with Gasteiger partial charge in [0.1, 0.15) is 5.75 Å². The minimum atomic E-state index is 0. The van der Waals surface area contributed by atoms with Gasteiger partial charge < -0.3 is 34.7 Å². The van der Waals surface area contributed by atoms with Crippen molar-refractivity contribution >= 4 is 22.1 Å². The van der Waals surface area contributed by atoms with Crippen molar-refractivity contribution in [3.05, 3.63) is 104 Å². The van der Waals surface area contributed by atoms with Gasteiger partial charge in [-0.05, 0) is 120 Å². The molecule has 12 heteroatoms. The summed E-state index contributed by atoms with van der Waals surface area (Å²) in [5, 5.41) is 3.64. The molecule has 7 rings (SSSR count). The zero-order chi connectivity index (χ0) is 36.6. The first kappa shape index (κ1) is 39.7. The molecule has 0 unspecified atom stereocenters. The summed E-state index contributed by atoms with van der Waals surface area (Å²) in [6.07, 6.45) is 9.76. The molecule has 2 aliphatic rings. The summed E-state index contributed by atoms with van der Waals surface area (Å²) in [6.45, 7) is 14.1. The highest BCUT2D eigenvalue weighted by atomic mass is 16.5. The number of nitrogens with zero attached hydrogens (tertiary/aromatic N) is 7. The Morgan fingerprint density at radius 1 is 0.717 bits per heavy atom. The molecule has 5 aromatic rings. The van der Waals surface area contributed by atoms with Gasteiger partial charge >= 0.3 is 0 Å². The molecular weight excluding hydrogens is 667 g/mol. The van der Waals surface area contributed by atoms with Crippen LogP contribution < -0.4 is 26.9 Å². The third-order valence-electron chi connectivity index (χ3n) is 10.4. The maximum absolute atomic E-state index is 12.4. The van der Waals surface area contributed by atoms with Crippen LogP contribution >= 0.6 is 0 Å². The smallest absolute Gasteiger partial charge is 0.251 e. The lowest BCUT2D eigenvalue weighted by molar-refractivity contribution is 0.191. The number of ether oxygens (including phenoxy) is 1. The summed E-state index contributed by atoms with van der Waals surface area (Å²) in [5.74, 6) is 0.827. The molecule has 12 nitrogen and oxygen atoms in total. The van der Waals surface area contributed by atoms with E-state index in [1.807, 2.05) is 54.4 Å². The fourth-order valence-electron chi connectivity index (χ4n) is 7.18. The van der Waals surface area contributed by atoms with Gasteiger partial charge in [0.25, 0.3) is 11.1 Å². The Morgan fingerprint density at radius 2 is 1.23 bits per heavy atom. The molecule has 0 aliphatic carbocycles. The van der Waals surface area contributed by atoms with Gasteiger partial charge in [0.05, 0.1) is 41.1 Å². The summed E-state index contributed by atoms with van der Waals surface area (Å²) >= 11 is 0. The molecule has 53 heavy (non-hydrogen) atoms. The predicted molar refractivity (Wildman–Crippen MR) is 214 cm³/mol. The van der Waals surface area contributed by atoms with Gasteiger partial charge in [-0.3, -0.25) is 24.5 Å². The van der Waals surface area contributed by atoms with Crippen molar-refractivity contribution in [2.75, 3.05) is 46.4 Å². The van der Waals surface area contributed by atoms with Gasteiger partial charge in [-0.2, -0.15) is 0 Å². The van der Waals surface area contributed by atoms with Crippen LogP contribution in [0.25, 0.3) is 22.1 Å². The van der Waals surface area contributed by atoms with Crippen molar-refractivity contribution in [1.29, 1.82) is 0 Å². The molecule has 2 fully saturated rings. The summed E-state index contributed by atoms with van der Waals surface area (Å²) in [5.41, 5.74) is 13.9. The van der Waals surface area contributed by atoms with E-state index in [9.17, 15) is 9.59 Å². The van der Waals surface area contributed by atoms with E-state index in [0.717, 1.165) is 122 Å². The maximum Gasteiger partial charge on any atom is 0.251 e. The van der Waals surface area contributed by atoms with E-state index in [4.69, 9.17) is 10.5 Å². The average Bonchev–Trinajstić information content (AvgIpc) is 3.14. The van der Waals surface area contributed by atoms with E-state index >= 15 is 0 Å². The maximum atomic E-state index is 12.4. The molecule has 0 amide bonds. The molecule has 0 atom stereocenters. The molecule has 2 saturated heterocycles. The van der Waals surface area contributed by atoms with Gasteiger partial charge in [-0.15, -0.1) is 0 Å². The molecule has 2 aliphatic heterocycles. The SMILES string of the molecule is C.COc1cnc(CNC2CCN(CCn3c(=O)ccc4ncc(C)cc43)CC2)cc1C.Cc1cnc2ccc(=O)n(CCN3CCC(N)CC3)c2c1. The highest BCUT2D eigenvalue weighted by Crippen LogP contribution is 2.18. The van der Waals surface area contributed by atoms with Crippen LogP contribution in [0.4, 0.5) is 0 Å². The minimum absolute atomic E-state index is 0. The van der Waals surface area contributed by atoms with Crippen LogP contribution in [0.2, 0.25) is 0 Å². The van der Waals surface area contributed by atoms with E-state index in [-0.39, 0.29) is 18.5 Å². The van der Waals surface area contributed by atoms with Crippen LogP contribution in [-0.4, -0.2) is 92.3 Å². The quantitative estimate of drug-likeness (QED) is 0.213. The van der Waals surface area contributed by atoms with Crippen LogP contribution in [0.15, 0.2) is 70.6 Å². The number of pyridine rings is 5. The monoisotopic (exact) mass is 723 g/mol. The van der Waals surface area contributed by atoms with Crippen molar-refractivity contribution < 1.29 is 4.74 Å². The lowest BCUT2D eigenvalue weighted by Gasteiger charge is -2.32. The predicted octanol–water partition coefficient (Wildman–Crippen LogP) is 4.44. The second-order valence-corrected chi connectivity index (χ2v) is 14.3. The number of piperidine rings is 2. The van der Waals surface area contributed by atoms with Crippen LogP contribution in [0.3, 0.4) is 0 Å². The third kappa shape index (κ3) is 10.3. The molecule has 284 valence electrons. The summed E-state index contributed by atoms with van der Waals surface area (Å²) in [7, 11) is 1.67. The lowest BCUT2D eigenvalue weighted by Crippen LogP contribution is -2.43. The van der Waals surface area contributed by atoms with E-state index < -0.39 is 0 Å². The fourth-order valence-corrected chi connectivity index (χ4v) is 7.18. The minimum Gasteiger partial charge on any atom is -0.495 e. The topological polar surface area (TPSA) is 136 Å². The normalized spacial score (nSPS) is 15.9. The molecule has 5 aromatic heterocycles. The number of hydrogen-bond acceptors (Lipinski definition) is 10. The number of hydrogen-bond donors (Lipinski definition) is 2. The molecule has 0 aromatic carbocycles. The van der Waals surface area contributed by atoms with Gasteiger partial charge in [-0.25, -0.2) is 0 Å². The number of nitrogens with one attached hydrogen (secondary N) is 1. The Kier molecular flexibility index (Phi) is 13.9. The Labute approximate surface area is 313 Å². The average molecular weight is 724 g/mol. The molecule has 0 saturated carbocycles. The second-order valence-electron chi connectivity index (χ2n) is 14.3. The number of methoxy groups -OCH3 is 1. The number of fused-ring (bicyclic) bond motifs is 2. The van der Waals surface area contributed by atoms with Crippen molar-refractivity contribution in [3.8, 4) is 5.75 Å². The highest BCUT2D eigenvalue weighted by molar-refractivity contribution is 5.75.